The third kappa shape index (κ3) is 3.07. The number of para-hydroxylation sites is 1. The van der Waals surface area contributed by atoms with E-state index in [2.05, 4.69) is 10.4 Å². The lowest BCUT2D eigenvalue weighted by molar-refractivity contribution is -0.136. The Morgan fingerprint density at radius 1 is 1.22 bits per heavy atom. The van der Waals surface area contributed by atoms with Crippen molar-refractivity contribution in [3.63, 3.8) is 0 Å². The molecule has 8 heteroatoms. The Morgan fingerprint density at radius 2 is 2.00 bits per heavy atom. The van der Waals surface area contributed by atoms with E-state index < -0.39 is 24.0 Å². The van der Waals surface area contributed by atoms with E-state index in [1.165, 1.54) is 6.92 Å². The minimum absolute atomic E-state index is 0.247. The number of fused-ring (bicyclic) bond motifs is 1. The van der Waals surface area contributed by atoms with E-state index in [1.807, 2.05) is 30.3 Å². The fourth-order valence-electron chi connectivity index (χ4n) is 3.55. The SMILES string of the molecule is C[C@H](OC(=O)c1nn(-c2ccccc2)c2c1CCC2)C(=O)N1CCNC1=O. The summed E-state index contributed by atoms with van der Waals surface area (Å²) in [6.07, 6.45) is 1.49. The van der Waals surface area contributed by atoms with Crippen LogP contribution in [0.25, 0.3) is 5.69 Å². The van der Waals surface area contributed by atoms with E-state index in [4.69, 9.17) is 4.74 Å². The standard InChI is InChI=1S/C19H20N4O4/c1-12(17(24)22-11-10-20-19(22)26)27-18(25)16-14-8-5-9-15(14)23(21-16)13-6-3-2-4-7-13/h2-4,6-7,12H,5,8-11H2,1H3,(H,20,26)/t12-/m0/s1. The van der Waals surface area contributed by atoms with Crippen molar-refractivity contribution in [2.24, 2.45) is 0 Å². The van der Waals surface area contributed by atoms with Crippen molar-refractivity contribution in [1.82, 2.24) is 20.0 Å². The van der Waals surface area contributed by atoms with Crippen LogP contribution < -0.4 is 5.32 Å². The number of hydrogen-bond donors (Lipinski definition) is 1. The zero-order valence-electron chi connectivity index (χ0n) is 15.0. The number of carbonyl (C=O) groups is 3. The summed E-state index contributed by atoms with van der Waals surface area (Å²) < 4.78 is 7.12. The van der Waals surface area contributed by atoms with Crippen LogP contribution in [0.4, 0.5) is 4.79 Å². The van der Waals surface area contributed by atoms with E-state index >= 15 is 0 Å². The normalized spacial score (nSPS) is 16.8. The van der Waals surface area contributed by atoms with Crippen molar-refractivity contribution in [1.29, 1.82) is 0 Å². The van der Waals surface area contributed by atoms with Gasteiger partial charge in [0.15, 0.2) is 11.8 Å². The molecule has 1 aliphatic carbocycles. The minimum atomic E-state index is -1.06. The summed E-state index contributed by atoms with van der Waals surface area (Å²) in [6, 6.07) is 9.15. The third-order valence-electron chi connectivity index (χ3n) is 4.88. The average Bonchev–Trinajstić information content (AvgIpc) is 3.37. The number of urea groups is 1. The fraction of sp³-hybridized carbons (Fsp3) is 0.368. The van der Waals surface area contributed by atoms with Gasteiger partial charge in [-0.05, 0) is 38.3 Å². The molecule has 8 nitrogen and oxygen atoms in total. The van der Waals surface area contributed by atoms with Gasteiger partial charge in [0.2, 0.25) is 0 Å². The first-order chi connectivity index (χ1) is 13.1. The Balaban J connectivity index is 1.56. The molecule has 2 heterocycles. The quantitative estimate of drug-likeness (QED) is 0.825. The van der Waals surface area contributed by atoms with E-state index in [-0.39, 0.29) is 12.2 Å². The number of rotatable bonds is 4. The second-order valence-corrected chi connectivity index (χ2v) is 6.64. The second-order valence-electron chi connectivity index (χ2n) is 6.64. The van der Waals surface area contributed by atoms with Crippen molar-refractivity contribution in [3.05, 3.63) is 47.3 Å². The molecule has 140 valence electrons. The number of aromatic nitrogens is 2. The molecule has 0 spiro atoms. The summed E-state index contributed by atoms with van der Waals surface area (Å²) in [6.45, 7) is 2.15. The van der Waals surface area contributed by atoms with E-state index in [9.17, 15) is 14.4 Å². The Hall–Kier alpha value is -3.16. The fourth-order valence-corrected chi connectivity index (χ4v) is 3.55. The Labute approximate surface area is 156 Å². The Kier molecular flexibility index (Phi) is 4.39. The van der Waals surface area contributed by atoms with Crippen molar-refractivity contribution in [2.45, 2.75) is 32.3 Å². The molecule has 0 bridgehead atoms. The van der Waals surface area contributed by atoms with Gasteiger partial charge in [-0.15, -0.1) is 0 Å². The van der Waals surface area contributed by atoms with Gasteiger partial charge < -0.3 is 10.1 Å². The molecule has 0 saturated carbocycles. The van der Waals surface area contributed by atoms with Gasteiger partial charge in [0.05, 0.1) is 5.69 Å². The molecular formula is C19H20N4O4. The highest BCUT2D eigenvalue weighted by molar-refractivity contribution is 5.99. The van der Waals surface area contributed by atoms with Crippen LogP contribution in [0.2, 0.25) is 0 Å². The highest BCUT2D eigenvalue weighted by Crippen LogP contribution is 2.28. The van der Waals surface area contributed by atoms with Crippen LogP contribution in [0.1, 0.15) is 35.1 Å². The van der Waals surface area contributed by atoms with Gasteiger partial charge in [-0.1, -0.05) is 18.2 Å². The molecule has 1 atom stereocenters. The summed E-state index contributed by atoms with van der Waals surface area (Å²) in [4.78, 5) is 37.7. The number of imide groups is 1. The molecule has 1 saturated heterocycles. The number of esters is 1. The smallest absolute Gasteiger partial charge is 0.359 e. The molecule has 1 fully saturated rings. The first-order valence-corrected chi connectivity index (χ1v) is 9.02. The maximum absolute atomic E-state index is 12.7. The van der Waals surface area contributed by atoms with Crippen LogP contribution in [-0.2, 0) is 22.4 Å². The van der Waals surface area contributed by atoms with Gasteiger partial charge in [-0.3, -0.25) is 9.69 Å². The molecule has 1 aromatic carbocycles. The molecule has 0 unspecified atom stereocenters. The average molecular weight is 368 g/mol. The minimum Gasteiger partial charge on any atom is -0.448 e. The topological polar surface area (TPSA) is 93.5 Å². The first-order valence-electron chi connectivity index (χ1n) is 9.02. The highest BCUT2D eigenvalue weighted by atomic mass is 16.5. The van der Waals surface area contributed by atoms with Gasteiger partial charge in [-0.25, -0.2) is 14.3 Å². The summed E-state index contributed by atoms with van der Waals surface area (Å²) in [5.41, 5.74) is 3.01. The van der Waals surface area contributed by atoms with Crippen molar-refractivity contribution >= 4 is 17.9 Å². The number of benzene rings is 1. The Bertz CT molecular complexity index is 906. The number of carbonyl (C=O) groups excluding carboxylic acids is 3. The zero-order valence-corrected chi connectivity index (χ0v) is 15.0. The van der Waals surface area contributed by atoms with Gasteiger partial charge in [0, 0.05) is 24.3 Å². The predicted octanol–water partition coefficient (Wildman–Crippen LogP) is 1.46. The van der Waals surface area contributed by atoms with Gasteiger partial charge in [-0.2, -0.15) is 5.10 Å². The van der Waals surface area contributed by atoms with Crippen LogP contribution in [0, 0.1) is 0 Å². The highest BCUT2D eigenvalue weighted by Gasteiger charge is 2.34. The third-order valence-corrected chi connectivity index (χ3v) is 4.88. The van der Waals surface area contributed by atoms with Crippen molar-refractivity contribution in [3.8, 4) is 5.69 Å². The molecule has 1 N–H and O–H groups in total. The molecular weight excluding hydrogens is 348 g/mol. The zero-order chi connectivity index (χ0) is 19.0. The molecule has 1 aliphatic heterocycles. The van der Waals surface area contributed by atoms with Crippen LogP contribution >= 0.6 is 0 Å². The molecule has 27 heavy (non-hydrogen) atoms. The number of nitrogens with one attached hydrogen (secondary N) is 1. The summed E-state index contributed by atoms with van der Waals surface area (Å²) >= 11 is 0. The van der Waals surface area contributed by atoms with Crippen molar-refractivity contribution in [2.75, 3.05) is 13.1 Å². The summed E-state index contributed by atoms with van der Waals surface area (Å²) in [5.74, 6) is -1.17. The van der Waals surface area contributed by atoms with Crippen LogP contribution in [0.3, 0.4) is 0 Å². The number of nitrogens with zero attached hydrogens (tertiary/aromatic N) is 3. The first kappa shape index (κ1) is 17.3. The second kappa shape index (κ2) is 6.86. The van der Waals surface area contributed by atoms with Crippen LogP contribution in [0.15, 0.2) is 30.3 Å². The molecule has 3 amide bonds. The van der Waals surface area contributed by atoms with E-state index in [0.717, 1.165) is 41.1 Å². The molecule has 2 aliphatic rings. The Morgan fingerprint density at radius 3 is 2.70 bits per heavy atom. The number of hydrogen-bond acceptors (Lipinski definition) is 5. The monoisotopic (exact) mass is 368 g/mol. The maximum atomic E-state index is 12.7. The lowest BCUT2D eigenvalue weighted by Crippen LogP contribution is -2.41. The number of ether oxygens (including phenoxy) is 1. The van der Waals surface area contributed by atoms with E-state index in [0.29, 0.717) is 6.54 Å². The lowest BCUT2D eigenvalue weighted by Gasteiger charge is -2.17. The lowest BCUT2D eigenvalue weighted by atomic mass is 10.2. The largest absolute Gasteiger partial charge is 0.448 e. The molecule has 2 aromatic rings. The van der Waals surface area contributed by atoms with Crippen molar-refractivity contribution < 1.29 is 19.1 Å². The van der Waals surface area contributed by atoms with Gasteiger partial charge in [0.1, 0.15) is 0 Å². The molecule has 1 aromatic heterocycles. The van der Waals surface area contributed by atoms with E-state index in [1.54, 1.807) is 4.68 Å². The van der Waals surface area contributed by atoms with Gasteiger partial charge >= 0.3 is 12.0 Å². The van der Waals surface area contributed by atoms with Crippen LogP contribution in [0.5, 0.6) is 0 Å². The van der Waals surface area contributed by atoms with Crippen LogP contribution in [-0.4, -0.2) is 51.8 Å². The maximum Gasteiger partial charge on any atom is 0.359 e. The molecule has 4 rings (SSSR count). The molecule has 0 radical (unpaired) electrons. The summed E-state index contributed by atoms with van der Waals surface area (Å²) in [5, 5.41) is 7.02. The number of amides is 3. The predicted molar refractivity (Wildman–Crippen MR) is 95.6 cm³/mol. The summed E-state index contributed by atoms with van der Waals surface area (Å²) in [7, 11) is 0. The van der Waals surface area contributed by atoms with Gasteiger partial charge in [0.25, 0.3) is 5.91 Å².